The lowest BCUT2D eigenvalue weighted by Gasteiger charge is -2.12. The second-order valence-electron chi connectivity index (χ2n) is 4.51. The molecule has 0 saturated heterocycles. The van der Waals surface area contributed by atoms with Crippen LogP contribution in [0.3, 0.4) is 0 Å². The smallest absolute Gasteiger partial charge is 0.0728 e. The zero-order chi connectivity index (χ0) is 10.7. The predicted molar refractivity (Wildman–Crippen MR) is 62.9 cm³/mol. The minimum Gasteiger partial charge on any atom is -0.380 e. The van der Waals surface area contributed by atoms with Crippen LogP contribution in [-0.4, -0.2) is 15.8 Å². The van der Waals surface area contributed by atoms with E-state index < -0.39 is 0 Å². The van der Waals surface area contributed by atoms with Gasteiger partial charge in [0.25, 0.3) is 0 Å². The Morgan fingerprint density at radius 2 is 2.33 bits per heavy atom. The maximum Gasteiger partial charge on any atom is 0.0728 e. The van der Waals surface area contributed by atoms with E-state index in [4.69, 9.17) is 0 Å². The number of rotatable bonds is 4. The van der Waals surface area contributed by atoms with Gasteiger partial charge in [-0.1, -0.05) is 13.3 Å². The highest BCUT2D eigenvalue weighted by Crippen LogP contribution is 2.29. The third-order valence-electron chi connectivity index (χ3n) is 3.45. The summed E-state index contributed by atoms with van der Waals surface area (Å²) < 4.78 is 1.97. The number of nitrogens with zero attached hydrogens (tertiary/aromatic N) is 2. The predicted octanol–water partition coefficient (Wildman–Crippen LogP) is 2.89. The maximum atomic E-state index is 4.27. The van der Waals surface area contributed by atoms with Crippen LogP contribution in [0, 0.1) is 5.92 Å². The minimum atomic E-state index is 0.671. The van der Waals surface area contributed by atoms with Crippen LogP contribution < -0.4 is 5.32 Å². The van der Waals surface area contributed by atoms with E-state index in [2.05, 4.69) is 30.5 Å². The van der Waals surface area contributed by atoms with Crippen LogP contribution in [-0.2, 0) is 6.54 Å². The lowest BCUT2D eigenvalue weighted by atomic mass is 10.1. The fraction of sp³-hybridized carbons (Fsp3) is 0.750. The van der Waals surface area contributed by atoms with Crippen molar-refractivity contribution >= 4 is 5.69 Å². The summed E-state index contributed by atoms with van der Waals surface area (Å²) in [6.07, 6.45) is 9.38. The van der Waals surface area contributed by atoms with Gasteiger partial charge in [0.1, 0.15) is 0 Å². The standard InChI is InChI=1S/C12H21N3/c1-3-10-5-6-11(7-10)14-12-8-13-15(4-2)9-12/h8-11,14H,3-7H2,1-2H3. The summed E-state index contributed by atoms with van der Waals surface area (Å²) in [5.41, 5.74) is 1.18. The van der Waals surface area contributed by atoms with Gasteiger partial charge >= 0.3 is 0 Å². The quantitative estimate of drug-likeness (QED) is 0.822. The average Bonchev–Trinajstić information content (AvgIpc) is 2.87. The molecule has 15 heavy (non-hydrogen) atoms. The van der Waals surface area contributed by atoms with Crippen LogP contribution in [0.25, 0.3) is 0 Å². The Morgan fingerprint density at radius 1 is 1.47 bits per heavy atom. The van der Waals surface area contributed by atoms with E-state index >= 15 is 0 Å². The fourth-order valence-corrected chi connectivity index (χ4v) is 2.42. The van der Waals surface area contributed by atoms with Crippen molar-refractivity contribution in [1.29, 1.82) is 0 Å². The topological polar surface area (TPSA) is 29.9 Å². The molecule has 1 aromatic rings. The van der Waals surface area contributed by atoms with Gasteiger partial charge in [0.2, 0.25) is 0 Å². The molecule has 3 nitrogen and oxygen atoms in total. The zero-order valence-electron chi connectivity index (χ0n) is 9.74. The van der Waals surface area contributed by atoms with Crippen molar-refractivity contribution in [3.05, 3.63) is 12.4 Å². The summed E-state index contributed by atoms with van der Waals surface area (Å²) in [6.45, 7) is 5.35. The fourth-order valence-electron chi connectivity index (χ4n) is 2.42. The van der Waals surface area contributed by atoms with Gasteiger partial charge in [0, 0.05) is 18.8 Å². The van der Waals surface area contributed by atoms with E-state index in [9.17, 15) is 0 Å². The van der Waals surface area contributed by atoms with Gasteiger partial charge in [-0.25, -0.2) is 0 Å². The average molecular weight is 207 g/mol. The van der Waals surface area contributed by atoms with Gasteiger partial charge in [-0.2, -0.15) is 5.10 Å². The minimum absolute atomic E-state index is 0.671. The summed E-state index contributed by atoms with van der Waals surface area (Å²) in [6, 6.07) is 0.671. The van der Waals surface area contributed by atoms with Crippen LogP contribution in [0.4, 0.5) is 5.69 Å². The van der Waals surface area contributed by atoms with Gasteiger partial charge in [-0.05, 0) is 32.1 Å². The number of nitrogens with one attached hydrogen (secondary N) is 1. The third-order valence-corrected chi connectivity index (χ3v) is 3.45. The molecule has 2 atom stereocenters. The monoisotopic (exact) mass is 207 g/mol. The molecule has 1 aliphatic rings. The van der Waals surface area contributed by atoms with Gasteiger partial charge < -0.3 is 5.32 Å². The first kappa shape index (κ1) is 10.5. The first-order valence-corrected chi connectivity index (χ1v) is 6.10. The molecule has 1 saturated carbocycles. The molecule has 0 spiro atoms. The molecule has 1 fully saturated rings. The molecule has 1 heterocycles. The van der Waals surface area contributed by atoms with E-state index in [1.54, 1.807) is 0 Å². The second kappa shape index (κ2) is 4.69. The Morgan fingerprint density at radius 3 is 2.93 bits per heavy atom. The number of hydrogen-bond acceptors (Lipinski definition) is 2. The summed E-state index contributed by atoms with van der Waals surface area (Å²) in [5.74, 6) is 0.934. The van der Waals surface area contributed by atoms with Crippen molar-refractivity contribution in [2.24, 2.45) is 5.92 Å². The first-order chi connectivity index (χ1) is 7.31. The number of anilines is 1. The van der Waals surface area contributed by atoms with Crippen LogP contribution >= 0.6 is 0 Å². The van der Waals surface area contributed by atoms with E-state index in [1.165, 1.54) is 31.4 Å². The van der Waals surface area contributed by atoms with Crippen molar-refractivity contribution in [1.82, 2.24) is 9.78 Å². The van der Waals surface area contributed by atoms with Gasteiger partial charge in [-0.3, -0.25) is 4.68 Å². The summed E-state index contributed by atoms with van der Waals surface area (Å²) in [7, 11) is 0. The van der Waals surface area contributed by atoms with Crippen molar-refractivity contribution in [3.8, 4) is 0 Å². The highest BCUT2D eigenvalue weighted by Gasteiger charge is 2.23. The maximum absolute atomic E-state index is 4.27. The Hall–Kier alpha value is -0.990. The molecule has 0 bridgehead atoms. The van der Waals surface area contributed by atoms with E-state index in [0.717, 1.165) is 12.5 Å². The molecular formula is C12H21N3. The normalized spacial score (nSPS) is 25.7. The molecule has 84 valence electrons. The van der Waals surface area contributed by atoms with Crippen LogP contribution in [0.5, 0.6) is 0 Å². The lowest BCUT2D eigenvalue weighted by molar-refractivity contribution is 0.525. The van der Waals surface area contributed by atoms with Crippen molar-refractivity contribution in [2.75, 3.05) is 5.32 Å². The molecule has 0 aromatic carbocycles. The molecule has 1 aliphatic carbocycles. The Labute approximate surface area is 91.9 Å². The van der Waals surface area contributed by atoms with Crippen molar-refractivity contribution < 1.29 is 0 Å². The molecular weight excluding hydrogens is 186 g/mol. The Bertz CT molecular complexity index is 306. The van der Waals surface area contributed by atoms with Gasteiger partial charge in [0.05, 0.1) is 11.9 Å². The molecule has 1 aromatic heterocycles. The lowest BCUT2D eigenvalue weighted by Crippen LogP contribution is -2.14. The number of aryl methyl sites for hydroxylation is 1. The highest BCUT2D eigenvalue weighted by atomic mass is 15.3. The highest BCUT2D eigenvalue weighted by molar-refractivity contribution is 5.39. The summed E-state index contributed by atoms with van der Waals surface area (Å²) >= 11 is 0. The molecule has 3 heteroatoms. The van der Waals surface area contributed by atoms with E-state index in [-0.39, 0.29) is 0 Å². The molecule has 0 amide bonds. The summed E-state index contributed by atoms with van der Waals surface area (Å²) in [5, 5.41) is 7.85. The van der Waals surface area contributed by atoms with Gasteiger partial charge in [0.15, 0.2) is 0 Å². The molecule has 0 radical (unpaired) electrons. The number of hydrogen-bond donors (Lipinski definition) is 1. The van der Waals surface area contributed by atoms with Crippen molar-refractivity contribution in [2.45, 2.75) is 52.1 Å². The molecule has 1 N–H and O–H groups in total. The SMILES string of the molecule is CCC1CCC(Nc2cnn(CC)c2)C1. The van der Waals surface area contributed by atoms with Crippen molar-refractivity contribution in [3.63, 3.8) is 0 Å². The molecule has 2 rings (SSSR count). The summed E-state index contributed by atoms with van der Waals surface area (Å²) in [4.78, 5) is 0. The van der Waals surface area contributed by atoms with E-state index in [1.807, 2.05) is 10.9 Å². The zero-order valence-corrected chi connectivity index (χ0v) is 9.74. The van der Waals surface area contributed by atoms with Gasteiger partial charge in [-0.15, -0.1) is 0 Å². The van der Waals surface area contributed by atoms with Crippen LogP contribution in [0.15, 0.2) is 12.4 Å². The Kier molecular flexibility index (Phi) is 3.29. The Balaban J connectivity index is 1.87. The molecule has 0 aliphatic heterocycles. The third kappa shape index (κ3) is 2.52. The molecule has 2 unspecified atom stereocenters. The number of aromatic nitrogens is 2. The second-order valence-corrected chi connectivity index (χ2v) is 4.51. The first-order valence-electron chi connectivity index (χ1n) is 6.10. The van der Waals surface area contributed by atoms with E-state index in [0.29, 0.717) is 6.04 Å². The largest absolute Gasteiger partial charge is 0.380 e. The van der Waals surface area contributed by atoms with Crippen LogP contribution in [0.1, 0.15) is 39.5 Å². The van der Waals surface area contributed by atoms with Crippen LogP contribution in [0.2, 0.25) is 0 Å².